The van der Waals surface area contributed by atoms with Crippen LogP contribution in [-0.4, -0.2) is 23.0 Å². The van der Waals surface area contributed by atoms with Gasteiger partial charge in [-0.05, 0) is 51.9 Å². The lowest BCUT2D eigenvalue weighted by Crippen LogP contribution is -2.41. The lowest BCUT2D eigenvalue weighted by Gasteiger charge is -2.34. The quantitative estimate of drug-likeness (QED) is 0.406. The van der Waals surface area contributed by atoms with Gasteiger partial charge in [-0.3, -0.25) is 4.90 Å². The molecule has 0 N–H and O–H groups in total. The third-order valence-electron chi connectivity index (χ3n) is 5.54. The Hall–Kier alpha value is -0.300. The Balaban J connectivity index is 1.64. The number of rotatable bonds is 8. The zero-order valence-electron chi connectivity index (χ0n) is 13.7. The number of hydrogen-bond acceptors (Lipinski definition) is 1. The van der Waals surface area contributed by atoms with Crippen LogP contribution < -0.4 is 0 Å². The minimum atomic E-state index is 0.850. The summed E-state index contributed by atoms with van der Waals surface area (Å²) in [7, 11) is 0. The summed E-state index contributed by atoms with van der Waals surface area (Å²) in [6.45, 7) is 6.27. The summed E-state index contributed by atoms with van der Waals surface area (Å²) >= 11 is 0. The van der Waals surface area contributed by atoms with Gasteiger partial charge in [-0.1, -0.05) is 44.6 Å². The second kappa shape index (κ2) is 8.87. The number of fused-ring (bicyclic) bond motifs is 1. The third kappa shape index (κ3) is 4.62. The first kappa shape index (κ1) is 16.1. The maximum Gasteiger partial charge on any atom is 0.0102 e. The molecule has 0 saturated carbocycles. The molecule has 1 heteroatoms. The topological polar surface area (TPSA) is 3.24 Å². The Morgan fingerprint density at radius 3 is 2.55 bits per heavy atom. The number of nitrogens with zero attached hydrogens (tertiary/aromatic N) is 1. The minimum absolute atomic E-state index is 0.850. The summed E-state index contributed by atoms with van der Waals surface area (Å²) in [5.41, 5.74) is 0. The molecule has 0 aromatic heterocycles. The monoisotopic (exact) mass is 277 g/mol. The molecule has 0 aromatic rings. The Morgan fingerprint density at radius 1 is 0.950 bits per heavy atom. The van der Waals surface area contributed by atoms with E-state index in [2.05, 4.69) is 24.5 Å². The third-order valence-corrected chi connectivity index (χ3v) is 5.54. The Kier molecular flexibility index (Phi) is 7.13. The highest BCUT2D eigenvalue weighted by Crippen LogP contribution is 2.36. The van der Waals surface area contributed by atoms with Gasteiger partial charge in [0.2, 0.25) is 0 Å². The molecule has 20 heavy (non-hydrogen) atoms. The summed E-state index contributed by atoms with van der Waals surface area (Å²) in [5.74, 6) is 0. The second-order valence-electron chi connectivity index (χ2n) is 7.10. The maximum atomic E-state index is 3.79. The van der Waals surface area contributed by atoms with Gasteiger partial charge in [-0.2, -0.15) is 0 Å². The van der Waals surface area contributed by atoms with Gasteiger partial charge in [0.05, 0.1) is 0 Å². The van der Waals surface area contributed by atoms with Crippen molar-refractivity contribution in [2.24, 2.45) is 0 Å². The van der Waals surface area contributed by atoms with Gasteiger partial charge in [-0.15, -0.1) is 6.58 Å². The fraction of sp³-hybridized carbons (Fsp3) is 0.895. The van der Waals surface area contributed by atoms with Crippen LogP contribution in [0.25, 0.3) is 0 Å². The van der Waals surface area contributed by atoms with E-state index >= 15 is 0 Å². The van der Waals surface area contributed by atoms with Crippen LogP contribution in [0.2, 0.25) is 0 Å². The van der Waals surface area contributed by atoms with Crippen molar-refractivity contribution in [2.45, 2.75) is 109 Å². The average Bonchev–Trinajstić information content (AvgIpc) is 2.76. The van der Waals surface area contributed by atoms with Crippen LogP contribution in [0, 0.1) is 0 Å². The van der Waals surface area contributed by atoms with E-state index in [0.717, 1.165) is 18.1 Å². The first-order valence-corrected chi connectivity index (χ1v) is 9.21. The summed E-state index contributed by atoms with van der Waals surface area (Å²) in [5, 5.41) is 0. The summed E-state index contributed by atoms with van der Waals surface area (Å²) in [6.07, 6.45) is 20.6. The number of hydrogen-bond donors (Lipinski definition) is 0. The van der Waals surface area contributed by atoms with Crippen LogP contribution >= 0.6 is 0 Å². The fourth-order valence-electron chi connectivity index (χ4n) is 4.46. The van der Waals surface area contributed by atoms with Gasteiger partial charge in [0.1, 0.15) is 0 Å². The molecule has 1 nitrogen and oxygen atoms in total. The molecule has 0 spiro atoms. The molecule has 2 aliphatic rings. The highest BCUT2D eigenvalue weighted by molar-refractivity contribution is 4.92. The molecule has 0 unspecified atom stereocenters. The van der Waals surface area contributed by atoms with Crippen LogP contribution in [0.15, 0.2) is 12.7 Å². The van der Waals surface area contributed by atoms with E-state index in [1.165, 1.54) is 83.5 Å². The molecule has 3 atom stereocenters. The molecule has 2 saturated heterocycles. The SMILES string of the molecule is C=CCCCCCCC[C@@H]1CC[C@H]2CCCC[C@@H](C)N12. The van der Waals surface area contributed by atoms with Crippen molar-refractivity contribution >= 4 is 0 Å². The van der Waals surface area contributed by atoms with Crippen molar-refractivity contribution in [3.8, 4) is 0 Å². The van der Waals surface area contributed by atoms with E-state index in [9.17, 15) is 0 Å². The van der Waals surface area contributed by atoms with Gasteiger partial charge < -0.3 is 0 Å². The molecule has 2 fully saturated rings. The van der Waals surface area contributed by atoms with E-state index in [1.807, 2.05) is 0 Å². The maximum absolute atomic E-state index is 3.79. The second-order valence-corrected chi connectivity index (χ2v) is 7.10. The lowest BCUT2D eigenvalue weighted by molar-refractivity contribution is 0.132. The zero-order chi connectivity index (χ0) is 14.2. The molecule has 116 valence electrons. The Labute approximate surface area is 126 Å². The van der Waals surface area contributed by atoms with E-state index in [4.69, 9.17) is 0 Å². The summed E-state index contributed by atoms with van der Waals surface area (Å²) in [4.78, 5) is 2.92. The van der Waals surface area contributed by atoms with Gasteiger partial charge in [0.15, 0.2) is 0 Å². The highest BCUT2D eigenvalue weighted by atomic mass is 15.2. The van der Waals surface area contributed by atoms with Gasteiger partial charge in [0.25, 0.3) is 0 Å². The highest BCUT2D eigenvalue weighted by Gasteiger charge is 2.36. The predicted molar refractivity (Wildman–Crippen MR) is 89.1 cm³/mol. The lowest BCUT2D eigenvalue weighted by atomic mass is 10.0. The van der Waals surface area contributed by atoms with Crippen molar-refractivity contribution in [2.75, 3.05) is 0 Å². The van der Waals surface area contributed by atoms with Gasteiger partial charge in [-0.25, -0.2) is 0 Å². The van der Waals surface area contributed by atoms with Crippen LogP contribution in [0.1, 0.15) is 90.4 Å². The Bertz CT molecular complexity index is 273. The smallest absolute Gasteiger partial charge is 0.0102 e. The average molecular weight is 277 g/mol. The fourth-order valence-corrected chi connectivity index (χ4v) is 4.46. The summed E-state index contributed by atoms with van der Waals surface area (Å²) < 4.78 is 0. The number of unbranched alkanes of at least 4 members (excludes halogenated alkanes) is 5. The van der Waals surface area contributed by atoms with E-state index in [-0.39, 0.29) is 0 Å². The van der Waals surface area contributed by atoms with Crippen LogP contribution in [0.4, 0.5) is 0 Å². The molecular formula is C19H35N. The molecule has 0 radical (unpaired) electrons. The molecule has 0 aromatic carbocycles. The van der Waals surface area contributed by atoms with Crippen molar-refractivity contribution in [1.82, 2.24) is 4.90 Å². The molecule has 0 amide bonds. The molecular weight excluding hydrogens is 242 g/mol. The molecule has 0 aliphatic carbocycles. The van der Waals surface area contributed by atoms with Gasteiger partial charge in [0, 0.05) is 18.1 Å². The van der Waals surface area contributed by atoms with Crippen molar-refractivity contribution in [1.29, 1.82) is 0 Å². The normalized spacial score (nSPS) is 30.9. The standard InChI is InChI=1S/C19H35N/c1-3-4-5-6-7-8-9-13-18-15-16-19-14-11-10-12-17(2)20(18)19/h3,17-19H,1,4-16H2,2H3/t17-,18-,19-/m1/s1. The van der Waals surface area contributed by atoms with Crippen molar-refractivity contribution in [3.05, 3.63) is 12.7 Å². The van der Waals surface area contributed by atoms with E-state index < -0.39 is 0 Å². The first-order chi connectivity index (χ1) is 9.83. The Morgan fingerprint density at radius 2 is 1.70 bits per heavy atom. The minimum Gasteiger partial charge on any atom is -0.295 e. The molecule has 2 heterocycles. The summed E-state index contributed by atoms with van der Waals surface area (Å²) in [6, 6.07) is 2.70. The van der Waals surface area contributed by atoms with E-state index in [1.54, 1.807) is 0 Å². The molecule has 2 aliphatic heterocycles. The largest absolute Gasteiger partial charge is 0.295 e. The molecule has 0 bridgehead atoms. The van der Waals surface area contributed by atoms with Crippen LogP contribution in [-0.2, 0) is 0 Å². The predicted octanol–water partition coefficient (Wildman–Crippen LogP) is 5.70. The first-order valence-electron chi connectivity index (χ1n) is 9.21. The molecule has 2 rings (SSSR count). The van der Waals surface area contributed by atoms with Crippen molar-refractivity contribution in [3.63, 3.8) is 0 Å². The van der Waals surface area contributed by atoms with E-state index in [0.29, 0.717) is 0 Å². The van der Waals surface area contributed by atoms with Crippen LogP contribution in [0.5, 0.6) is 0 Å². The van der Waals surface area contributed by atoms with Crippen LogP contribution in [0.3, 0.4) is 0 Å². The number of allylic oxidation sites excluding steroid dienone is 1. The zero-order valence-corrected chi connectivity index (χ0v) is 13.7. The van der Waals surface area contributed by atoms with Gasteiger partial charge >= 0.3 is 0 Å². The van der Waals surface area contributed by atoms with Crippen molar-refractivity contribution < 1.29 is 0 Å².